The smallest absolute Gasteiger partial charge is 0.137 e. The molecule has 20 heavy (non-hydrogen) atoms. The van der Waals surface area contributed by atoms with E-state index >= 15 is 0 Å². The molecule has 0 aliphatic rings. The van der Waals surface area contributed by atoms with Crippen LogP contribution in [0.5, 0.6) is 5.75 Å². The van der Waals surface area contributed by atoms with Crippen molar-refractivity contribution < 1.29 is 9.13 Å². The Morgan fingerprint density at radius 3 is 2.70 bits per heavy atom. The highest BCUT2D eigenvalue weighted by Gasteiger charge is 2.10. The quantitative estimate of drug-likeness (QED) is 0.892. The van der Waals surface area contributed by atoms with Gasteiger partial charge >= 0.3 is 0 Å². The minimum atomic E-state index is -0.256. The number of rotatable bonds is 5. The topological polar surface area (TPSA) is 35.2 Å². The Labute approximate surface area is 126 Å². The monoisotopic (exact) mass is 337 g/mol. The first-order valence-electron chi connectivity index (χ1n) is 6.46. The largest absolute Gasteiger partial charge is 0.487 e. The zero-order valence-corrected chi connectivity index (χ0v) is 12.9. The van der Waals surface area contributed by atoms with E-state index in [9.17, 15) is 4.39 Å². The lowest BCUT2D eigenvalue weighted by Crippen LogP contribution is -2.18. The van der Waals surface area contributed by atoms with Crippen molar-refractivity contribution in [3.8, 4) is 5.75 Å². The number of ether oxygens (including phenoxy) is 1. The Bertz CT molecular complexity index is 586. The van der Waals surface area contributed by atoms with Gasteiger partial charge in [0.15, 0.2) is 0 Å². The van der Waals surface area contributed by atoms with Gasteiger partial charge in [-0.05, 0) is 58.6 Å². The lowest BCUT2D eigenvalue weighted by atomic mass is 10.1. The van der Waals surface area contributed by atoms with Crippen LogP contribution in [0.4, 0.5) is 4.39 Å². The molecule has 2 aromatic rings. The molecule has 0 radical (unpaired) electrons. The van der Waals surface area contributed by atoms with E-state index in [4.69, 9.17) is 10.5 Å². The van der Waals surface area contributed by atoms with Gasteiger partial charge in [0.25, 0.3) is 0 Å². The van der Waals surface area contributed by atoms with Crippen LogP contribution in [0.25, 0.3) is 0 Å². The third-order valence-corrected chi connectivity index (χ3v) is 3.49. The molecule has 0 fully saturated rings. The summed E-state index contributed by atoms with van der Waals surface area (Å²) in [6.07, 6.45) is 0.734. The number of hydrogen-bond acceptors (Lipinski definition) is 2. The molecule has 1 atom stereocenters. The molecule has 0 aliphatic heterocycles. The highest BCUT2D eigenvalue weighted by molar-refractivity contribution is 9.10. The summed E-state index contributed by atoms with van der Waals surface area (Å²) in [5.41, 5.74) is 7.70. The summed E-state index contributed by atoms with van der Waals surface area (Å²) in [6, 6.07) is 12.3. The highest BCUT2D eigenvalue weighted by atomic mass is 79.9. The minimum Gasteiger partial charge on any atom is -0.487 e. The van der Waals surface area contributed by atoms with E-state index in [1.54, 1.807) is 6.07 Å². The molecule has 0 amide bonds. The predicted molar refractivity (Wildman–Crippen MR) is 82.2 cm³/mol. The Balaban J connectivity index is 2.16. The van der Waals surface area contributed by atoms with Crippen LogP contribution in [-0.2, 0) is 13.0 Å². The summed E-state index contributed by atoms with van der Waals surface area (Å²) in [6.45, 7) is 2.28. The van der Waals surface area contributed by atoms with Crippen LogP contribution in [0.1, 0.15) is 18.1 Å². The molecule has 4 heteroatoms. The summed E-state index contributed by atoms with van der Waals surface area (Å²) in [7, 11) is 0. The van der Waals surface area contributed by atoms with Crippen LogP contribution in [0.3, 0.4) is 0 Å². The van der Waals surface area contributed by atoms with Gasteiger partial charge < -0.3 is 10.5 Å². The fourth-order valence-corrected chi connectivity index (χ4v) is 2.53. The molecule has 106 valence electrons. The number of halogens is 2. The van der Waals surface area contributed by atoms with Crippen molar-refractivity contribution in [1.29, 1.82) is 0 Å². The maximum atomic E-state index is 13.1. The van der Waals surface area contributed by atoms with E-state index in [1.165, 1.54) is 12.1 Å². The van der Waals surface area contributed by atoms with Crippen molar-refractivity contribution in [2.45, 2.75) is 26.0 Å². The molecule has 0 spiro atoms. The van der Waals surface area contributed by atoms with Gasteiger partial charge in [0, 0.05) is 6.04 Å². The lowest BCUT2D eigenvalue weighted by Gasteiger charge is -2.15. The molecule has 0 heterocycles. The van der Waals surface area contributed by atoms with E-state index in [2.05, 4.69) is 15.9 Å². The predicted octanol–water partition coefficient (Wildman–Crippen LogP) is 4.06. The van der Waals surface area contributed by atoms with Crippen molar-refractivity contribution in [2.75, 3.05) is 0 Å². The van der Waals surface area contributed by atoms with Crippen LogP contribution < -0.4 is 10.5 Å². The molecule has 0 saturated heterocycles. The lowest BCUT2D eigenvalue weighted by molar-refractivity contribution is 0.300. The zero-order valence-electron chi connectivity index (χ0n) is 11.3. The summed E-state index contributed by atoms with van der Waals surface area (Å²) in [5, 5.41) is 0. The van der Waals surface area contributed by atoms with Gasteiger partial charge in [0.1, 0.15) is 18.2 Å². The fourth-order valence-electron chi connectivity index (χ4n) is 2.01. The molecule has 1 unspecified atom stereocenters. The van der Waals surface area contributed by atoms with Crippen LogP contribution in [0.15, 0.2) is 46.9 Å². The summed E-state index contributed by atoms with van der Waals surface area (Å²) < 4.78 is 19.9. The van der Waals surface area contributed by atoms with Crippen LogP contribution in [0, 0.1) is 5.82 Å². The van der Waals surface area contributed by atoms with Crippen molar-refractivity contribution in [3.05, 3.63) is 63.9 Å². The van der Waals surface area contributed by atoms with E-state index in [0.29, 0.717) is 6.61 Å². The molecular weight excluding hydrogens is 321 g/mol. The van der Waals surface area contributed by atoms with Gasteiger partial charge in [-0.15, -0.1) is 0 Å². The Morgan fingerprint density at radius 2 is 2.00 bits per heavy atom. The van der Waals surface area contributed by atoms with E-state index in [-0.39, 0.29) is 11.9 Å². The molecule has 0 bridgehead atoms. The van der Waals surface area contributed by atoms with Gasteiger partial charge in [0.05, 0.1) is 4.47 Å². The summed E-state index contributed by atoms with van der Waals surface area (Å²) >= 11 is 3.49. The third-order valence-electron chi connectivity index (χ3n) is 2.86. The fraction of sp³-hybridized carbons (Fsp3) is 0.250. The van der Waals surface area contributed by atoms with Crippen LogP contribution in [0.2, 0.25) is 0 Å². The first-order valence-corrected chi connectivity index (χ1v) is 7.26. The number of hydrogen-bond donors (Lipinski definition) is 1. The number of nitrogens with two attached hydrogens (primary N) is 1. The Kier molecular flexibility index (Phi) is 5.15. The van der Waals surface area contributed by atoms with E-state index < -0.39 is 0 Å². The maximum Gasteiger partial charge on any atom is 0.137 e. The third kappa shape index (κ3) is 4.05. The van der Waals surface area contributed by atoms with Crippen molar-refractivity contribution in [1.82, 2.24) is 0 Å². The summed E-state index contributed by atoms with van der Waals surface area (Å²) in [4.78, 5) is 0. The zero-order chi connectivity index (χ0) is 14.5. The molecular formula is C16H17BrFNO. The molecule has 0 saturated carbocycles. The van der Waals surface area contributed by atoms with Gasteiger partial charge in [-0.3, -0.25) is 0 Å². The number of benzene rings is 2. The van der Waals surface area contributed by atoms with Gasteiger partial charge in [-0.1, -0.05) is 24.3 Å². The van der Waals surface area contributed by atoms with Crippen LogP contribution >= 0.6 is 15.9 Å². The van der Waals surface area contributed by atoms with E-state index in [1.807, 2.05) is 31.2 Å². The molecule has 0 aromatic heterocycles. The van der Waals surface area contributed by atoms with Gasteiger partial charge in [-0.25, -0.2) is 4.39 Å². The highest BCUT2D eigenvalue weighted by Crippen LogP contribution is 2.30. The first-order chi connectivity index (χ1) is 9.56. The molecule has 2 nitrogen and oxygen atoms in total. The average molecular weight is 338 g/mol. The minimum absolute atomic E-state index is 0.0563. The number of para-hydroxylation sites is 1. The standard InChI is InChI=1S/C16H17BrFNO/c1-11(19)8-13-5-3-7-15(17)16(13)20-10-12-4-2-6-14(18)9-12/h2-7,9,11H,8,10,19H2,1H3. The first kappa shape index (κ1) is 15.0. The molecule has 2 N–H and O–H groups in total. The Hall–Kier alpha value is -1.39. The van der Waals surface area contributed by atoms with Gasteiger partial charge in [0.2, 0.25) is 0 Å². The van der Waals surface area contributed by atoms with Crippen molar-refractivity contribution in [2.24, 2.45) is 5.73 Å². The average Bonchev–Trinajstić information content (AvgIpc) is 2.37. The molecule has 2 aromatic carbocycles. The molecule has 0 aliphatic carbocycles. The van der Waals surface area contributed by atoms with Crippen molar-refractivity contribution in [3.63, 3.8) is 0 Å². The van der Waals surface area contributed by atoms with E-state index in [0.717, 1.165) is 27.8 Å². The molecule has 2 rings (SSSR count). The van der Waals surface area contributed by atoms with Gasteiger partial charge in [-0.2, -0.15) is 0 Å². The normalized spacial score (nSPS) is 12.2. The second kappa shape index (κ2) is 6.86. The summed E-state index contributed by atoms with van der Waals surface area (Å²) in [5.74, 6) is 0.517. The second-order valence-electron chi connectivity index (χ2n) is 4.83. The van der Waals surface area contributed by atoms with Crippen molar-refractivity contribution >= 4 is 15.9 Å². The second-order valence-corrected chi connectivity index (χ2v) is 5.68. The van der Waals surface area contributed by atoms with Crippen LogP contribution in [-0.4, -0.2) is 6.04 Å². The Morgan fingerprint density at radius 1 is 1.25 bits per heavy atom. The maximum absolute atomic E-state index is 13.1. The SMILES string of the molecule is CC(N)Cc1cccc(Br)c1OCc1cccc(F)c1.